The summed E-state index contributed by atoms with van der Waals surface area (Å²) in [5.41, 5.74) is 3.94. The molecule has 138 valence electrons. The number of aromatic nitrogens is 2. The smallest absolute Gasteiger partial charge is 0.132 e. The molecule has 0 bridgehead atoms. The molecule has 4 rings (SSSR count). The highest BCUT2D eigenvalue weighted by Crippen LogP contribution is 2.22. The molecule has 2 N–H and O–H groups in total. The van der Waals surface area contributed by atoms with Gasteiger partial charge in [0.1, 0.15) is 12.1 Å². The fraction of sp³-hybridized carbons (Fsp3) is 0.524. The maximum absolute atomic E-state index is 4.54. The number of fused-ring (bicyclic) bond motifs is 1. The molecule has 5 heteroatoms. The summed E-state index contributed by atoms with van der Waals surface area (Å²) in [6.07, 6.45) is 6.32. The minimum atomic E-state index is 0.682. The molecule has 0 spiro atoms. The zero-order valence-electron chi connectivity index (χ0n) is 15.5. The van der Waals surface area contributed by atoms with E-state index in [0.717, 1.165) is 51.4 Å². The van der Waals surface area contributed by atoms with Gasteiger partial charge in [-0.1, -0.05) is 30.3 Å². The van der Waals surface area contributed by atoms with Crippen molar-refractivity contribution in [3.8, 4) is 0 Å². The molecule has 1 atom stereocenters. The Bertz CT molecular complexity index is 703. The van der Waals surface area contributed by atoms with E-state index in [1.807, 2.05) is 0 Å². The Labute approximate surface area is 156 Å². The van der Waals surface area contributed by atoms with Crippen molar-refractivity contribution in [2.75, 3.05) is 38.0 Å². The van der Waals surface area contributed by atoms with E-state index in [0.29, 0.717) is 5.92 Å². The van der Waals surface area contributed by atoms with Crippen LogP contribution in [0.15, 0.2) is 36.7 Å². The Morgan fingerprint density at radius 3 is 2.92 bits per heavy atom. The van der Waals surface area contributed by atoms with Crippen LogP contribution in [0.3, 0.4) is 0 Å². The molecule has 0 amide bonds. The predicted octanol–water partition coefficient (Wildman–Crippen LogP) is 2.49. The zero-order valence-corrected chi connectivity index (χ0v) is 15.5. The van der Waals surface area contributed by atoms with Crippen molar-refractivity contribution in [1.29, 1.82) is 0 Å². The largest absolute Gasteiger partial charge is 0.369 e. The predicted molar refractivity (Wildman–Crippen MR) is 105 cm³/mol. The van der Waals surface area contributed by atoms with Gasteiger partial charge in [-0.2, -0.15) is 0 Å². The highest BCUT2D eigenvalue weighted by molar-refractivity contribution is 5.46. The highest BCUT2D eigenvalue weighted by atomic mass is 15.1. The lowest BCUT2D eigenvalue weighted by atomic mass is 9.97. The standard InChI is InChI=1S/C21H29N5/c1-2-5-17(6-3-1)14-26-12-4-7-18(15-26)13-23-21-19-8-10-22-11-9-20(19)24-16-25-21/h1-3,5-6,16,18,22H,4,7-15H2,(H,23,24,25). The molecular weight excluding hydrogens is 322 g/mol. The van der Waals surface area contributed by atoms with E-state index in [4.69, 9.17) is 0 Å². The van der Waals surface area contributed by atoms with Crippen LogP contribution in [0.2, 0.25) is 0 Å². The average molecular weight is 351 g/mol. The van der Waals surface area contributed by atoms with Gasteiger partial charge in [0.15, 0.2) is 0 Å². The number of anilines is 1. The Balaban J connectivity index is 1.35. The minimum Gasteiger partial charge on any atom is -0.369 e. The van der Waals surface area contributed by atoms with E-state index in [9.17, 15) is 0 Å². The first-order valence-corrected chi connectivity index (χ1v) is 9.92. The van der Waals surface area contributed by atoms with Crippen LogP contribution < -0.4 is 10.6 Å². The van der Waals surface area contributed by atoms with Crippen LogP contribution in [0.25, 0.3) is 0 Å². The molecule has 0 aliphatic carbocycles. The van der Waals surface area contributed by atoms with Crippen LogP contribution in [0, 0.1) is 5.92 Å². The lowest BCUT2D eigenvalue weighted by molar-refractivity contribution is 0.173. The molecule has 1 unspecified atom stereocenters. The van der Waals surface area contributed by atoms with Gasteiger partial charge in [-0.25, -0.2) is 9.97 Å². The summed E-state index contributed by atoms with van der Waals surface area (Å²) in [5, 5.41) is 7.10. The molecule has 2 aromatic rings. The SMILES string of the molecule is c1ccc(CN2CCCC(CNc3ncnc4c3CCNCC4)C2)cc1. The van der Waals surface area contributed by atoms with E-state index in [-0.39, 0.29) is 0 Å². The van der Waals surface area contributed by atoms with Crippen molar-refractivity contribution in [2.45, 2.75) is 32.2 Å². The topological polar surface area (TPSA) is 53.1 Å². The maximum atomic E-state index is 4.54. The first-order valence-electron chi connectivity index (χ1n) is 9.92. The molecule has 3 heterocycles. The summed E-state index contributed by atoms with van der Waals surface area (Å²) >= 11 is 0. The van der Waals surface area contributed by atoms with Crippen LogP contribution in [-0.2, 0) is 19.4 Å². The molecule has 0 saturated carbocycles. The van der Waals surface area contributed by atoms with Crippen molar-refractivity contribution < 1.29 is 0 Å². The fourth-order valence-corrected chi connectivity index (χ4v) is 4.17. The van der Waals surface area contributed by atoms with Gasteiger partial charge in [-0.3, -0.25) is 4.90 Å². The lowest BCUT2D eigenvalue weighted by Crippen LogP contribution is -2.37. The van der Waals surface area contributed by atoms with Gasteiger partial charge in [-0.15, -0.1) is 0 Å². The summed E-state index contributed by atoms with van der Waals surface area (Å²) in [6.45, 7) is 6.47. The highest BCUT2D eigenvalue weighted by Gasteiger charge is 2.21. The Kier molecular flexibility index (Phi) is 5.77. The van der Waals surface area contributed by atoms with E-state index >= 15 is 0 Å². The van der Waals surface area contributed by atoms with Crippen molar-refractivity contribution in [3.05, 3.63) is 53.5 Å². The molecule has 1 saturated heterocycles. The molecule has 2 aliphatic heterocycles. The number of nitrogens with zero attached hydrogens (tertiary/aromatic N) is 3. The van der Waals surface area contributed by atoms with Crippen LogP contribution in [0.5, 0.6) is 0 Å². The van der Waals surface area contributed by atoms with Crippen LogP contribution in [0.4, 0.5) is 5.82 Å². The fourth-order valence-electron chi connectivity index (χ4n) is 4.17. The lowest BCUT2D eigenvalue weighted by Gasteiger charge is -2.33. The van der Waals surface area contributed by atoms with Crippen molar-refractivity contribution in [3.63, 3.8) is 0 Å². The van der Waals surface area contributed by atoms with Gasteiger partial charge in [-0.05, 0) is 43.8 Å². The van der Waals surface area contributed by atoms with Crippen LogP contribution >= 0.6 is 0 Å². The van der Waals surface area contributed by atoms with Gasteiger partial charge < -0.3 is 10.6 Å². The van der Waals surface area contributed by atoms with Gasteiger partial charge in [0.05, 0.1) is 5.69 Å². The Morgan fingerprint density at radius 2 is 2.00 bits per heavy atom. The van der Waals surface area contributed by atoms with Crippen LogP contribution in [-0.4, -0.2) is 47.6 Å². The number of hydrogen-bond acceptors (Lipinski definition) is 5. The molecule has 5 nitrogen and oxygen atoms in total. The van der Waals surface area contributed by atoms with E-state index in [2.05, 4.69) is 55.8 Å². The first-order chi connectivity index (χ1) is 12.9. The van der Waals surface area contributed by atoms with E-state index < -0.39 is 0 Å². The third-order valence-electron chi connectivity index (χ3n) is 5.54. The second-order valence-electron chi connectivity index (χ2n) is 7.51. The monoisotopic (exact) mass is 351 g/mol. The normalized spacial score (nSPS) is 21.0. The summed E-state index contributed by atoms with van der Waals surface area (Å²) in [5.74, 6) is 1.74. The average Bonchev–Trinajstić information content (AvgIpc) is 2.93. The minimum absolute atomic E-state index is 0.682. The van der Waals surface area contributed by atoms with Crippen molar-refractivity contribution in [1.82, 2.24) is 20.2 Å². The van der Waals surface area contributed by atoms with Gasteiger partial charge >= 0.3 is 0 Å². The molecule has 1 fully saturated rings. The number of benzene rings is 1. The Morgan fingerprint density at radius 1 is 1.12 bits per heavy atom. The van der Waals surface area contributed by atoms with Gasteiger partial charge in [0, 0.05) is 38.2 Å². The molecule has 0 radical (unpaired) electrons. The second kappa shape index (κ2) is 8.60. The summed E-state index contributed by atoms with van der Waals surface area (Å²) in [6, 6.07) is 10.8. The summed E-state index contributed by atoms with van der Waals surface area (Å²) in [7, 11) is 0. The van der Waals surface area contributed by atoms with Gasteiger partial charge in [0.2, 0.25) is 0 Å². The van der Waals surface area contributed by atoms with Crippen molar-refractivity contribution >= 4 is 5.82 Å². The van der Waals surface area contributed by atoms with E-state index in [1.165, 1.54) is 36.2 Å². The number of rotatable bonds is 5. The third-order valence-corrected chi connectivity index (χ3v) is 5.54. The number of nitrogens with one attached hydrogen (secondary N) is 2. The van der Waals surface area contributed by atoms with Crippen molar-refractivity contribution in [2.24, 2.45) is 5.92 Å². The quantitative estimate of drug-likeness (QED) is 0.867. The Hall–Kier alpha value is -1.98. The molecule has 26 heavy (non-hydrogen) atoms. The van der Waals surface area contributed by atoms with Gasteiger partial charge in [0.25, 0.3) is 0 Å². The second-order valence-corrected chi connectivity index (χ2v) is 7.51. The number of likely N-dealkylation sites (tertiary alicyclic amines) is 1. The maximum Gasteiger partial charge on any atom is 0.132 e. The molecule has 1 aromatic carbocycles. The molecule has 1 aromatic heterocycles. The molecular formula is C21H29N5. The summed E-state index contributed by atoms with van der Waals surface area (Å²) in [4.78, 5) is 11.6. The van der Waals surface area contributed by atoms with Crippen LogP contribution in [0.1, 0.15) is 29.7 Å². The number of piperidine rings is 1. The molecule has 2 aliphatic rings. The number of hydrogen-bond donors (Lipinski definition) is 2. The third kappa shape index (κ3) is 4.40. The summed E-state index contributed by atoms with van der Waals surface area (Å²) < 4.78 is 0. The zero-order chi connectivity index (χ0) is 17.6. The van der Waals surface area contributed by atoms with E-state index in [1.54, 1.807) is 6.33 Å². The first kappa shape index (κ1) is 17.4.